The van der Waals surface area contributed by atoms with E-state index in [4.69, 9.17) is 5.73 Å². The van der Waals surface area contributed by atoms with Gasteiger partial charge in [-0.15, -0.1) is 11.3 Å². The lowest BCUT2D eigenvalue weighted by molar-refractivity contribution is -0.118. The standard InChI is InChI=1S/C9H14N2OS/c10-4-2-1-3-8(12)5-9-6-11-7-13-9/h6-7H,1-5,10H2. The van der Waals surface area contributed by atoms with Crippen LogP contribution in [0, 0.1) is 0 Å². The maximum absolute atomic E-state index is 11.3. The lowest BCUT2D eigenvalue weighted by atomic mass is 10.1. The minimum atomic E-state index is 0.290. The van der Waals surface area contributed by atoms with E-state index < -0.39 is 0 Å². The molecule has 1 rings (SSSR count). The van der Waals surface area contributed by atoms with Crippen LogP contribution < -0.4 is 5.73 Å². The van der Waals surface area contributed by atoms with E-state index in [1.165, 1.54) is 11.3 Å². The fourth-order valence-corrected chi connectivity index (χ4v) is 1.70. The molecule has 0 aliphatic heterocycles. The van der Waals surface area contributed by atoms with Gasteiger partial charge < -0.3 is 5.73 Å². The summed E-state index contributed by atoms with van der Waals surface area (Å²) in [6.45, 7) is 0.674. The minimum Gasteiger partial charge on any atom is -0.330 e. The minimum absolute atomic E-state index is 0.290. The molecule has 72 valence electrons. The van der Waals surface area contributed by atoms with Gasteiger partial charge in [0, 0.05) is 23.9 Å². The summed E-state index contributed by atoms with van der Waals surface area (Å²) in [7, 11) is 0. The first-order valence-electron chi connectivity index (χ1n) is 4.42. The molecule has 0 radical (unpaired) electrons. The van der Waals surface area contributed by atoms with Crippen LogP contribution in [0.5, 0.6) is 0 Å². The Morgan fingerprint density at radius 3 is 3.00 bits per heavy atom. The molecule has 0 unspecified atom stereocenters. The number of carbonyl (C=O) groups excluding carboxylic acids is 1. The summed E-state index contributed by atoms with van der Waals surface area (Å²) in [4.78, 5) is 16.3. The van der Waals surface area contributed by atoms with E-state index in [1.807, 2.05) is 0 Å². The number of ketones is 1. The molecule has 1 aromatic rings. The second-order valence-corrected chi connectivity index (χ2v) is 3.90. The molecular formula is C9H14N2OS. The van der Waals surface area contributed by atoms with Gasteiger partial charge in [-0.05, 0) is 19.4 Å². The zero-order valence-electron chi connectivity index (χ0n) is 7.53. The Balaban J connectivity index is 2.18. The summed E-state index contributed by atoms with van der Waals surface area (Å²) < 4.78 is 0. The van der Waals surface area contributed by atoms with Gasteiger partial charge in [-0.1, -0.05) is 0 Å². The Morgan fingerprint density at radius 2 is 2.38 bits per heavy atom. The van der Waals surface area contributed by atoms with Gasteiger partial charge in [0.05, 0.1) is 5.51 Å². The number of rotatable bonds is 6. The highest BCUT2D eigenvalue weighted by atomic mass is 32.1. The molecule has 0 aromatic carbocycles. The molecule has 0 aliphatic rings. The molecular weight excluding hydrogens is 184 g/mol. The molecule has 1 heterocycles. The monoisotopic (exact) mass is 198 g/mol. The average molecular weight is 198 g/mol. The molecule has 0 saturated carbocycles. The summed E-state index contributed by atoms with van der Waals surface area (Å²) in [5.74, 6) is 0.290. The van der Waals surface area contributed by atoms with E-state index in [1.54, 1.807) is 11.7 Å². The third-order valence-electron chi connectivity index (χ3n) is 1.76. The van der Waals surface area contributed by atoms with Crippen molar-refractivity contribution in [3.8, 4) is 0 Å². The van der Waals surface area contributed by atoms with Crippen molar-refractivity contribution in [3.63, 3.8) is 0 Å². The van der Waals surface area contributed by atoms with Crippen molar-refractivity contribution in [2.24, 2.45) is 5.73 Å². The summed E-state index contributed by atoms with van der Waals surface area (Å²) in [6, 6.07) is 0. The summed E-state index contributed by atoms with van der Waals surface area (Å²) in [5.41, 5.74) is 7.08. The van der Waals surface area contributed by atoms with Crippen molar-refractivity contribution in [1.82, 2.24) is 4.98 Å². The quantitative estimate of drug-likeness (QED) is 0.703. The number of carbonyl (C=O) groups is 1. The van der Waals surface area contributed by atoms with Gasteiger partial charge in [0.25, 0.3) is 0 Å². The molecule has 0 bridgehead atoms. The highest BCUT2D eigenvalue weighted by Gasteiger charge is 2.03. The topological polar surface area (TPSA) is 56.0 Å². The second kappa shape index (κ2) is 5.83. The predicted molar refractivity (Wildman–Crippen MR) is 53.7 cm³/mol. The molecule has 2 N–H and O–H groups in total. The highest BCUT2D eigenvalue weighted by molar-refractivity contribution is 7.09. The van der Waals surface area contributed by atoms with Crippen molar-refractivity contribution in [2.75, 3.05) is 6.54 Å². The maximum atomic E-state index is 11.3. The van der Waals surface area contributed by atoms with E-state index in [0.29, 0.717) is 19.4 Å². The fourth-order valence-electron chi connectivity index (χ4n) is 1.08. The van der Waals surface area contributed by atoms with Crippen molar-refractivity contribution in [3.05, 3.63) is 16.6 Å². The number of aromatic nitrogens is 1. The normalized spacial score (nSPS) is 10.2. The van der Waals surface area contributed by atoms with E-state index in [2.05, 4.69) is 4.98 Å². The number of Topliss-reactive ketones (excluding diaryl/α,β-unsaturated/α-hetero) is 1. The van der Waals surface area contributed by atoms with Gasteiger partial charge in [-0.3, -0.25) is 9.78 Å². The predicted octanol–water partition coefficient (Wildman–Crippen LogP) is 1.38. The molecule has 0 spiro atoms. The molecule has 0 saturated heterocycles. The summed E-state index contributed by atoms with van der Waals surface area (Å²) in [5, 5.41) is 0. The van der Waals surface area contributed by atoms with Crippen LogP contribution in [0.4, 0.5) is 0 Å². The van der Waals surface area contributed by atoms with E-state index in [-0.39, 0.29) is 5.78 Å². The second-order valence-electron chi connectivity index (χ2n) is 2.93. The van der Waals surface area contributed by atoms with Gasteiger partial charge in [0.2, 0.25) is 0 Å². The van der Waals surface area contributed by atoms with E-state index in [0.717, 1.165) is 17.7 Å². The van der Waals surface area contributed by atoms with Gasteiger partial charge in [0.15, 0.2) is 0 Å². The molecule has 0 amide bonds. The van der Waals surface area contributed by atoms with Crippen LogP contribution >= 0.6 is 11.3 Å². The Bertz CT molecular complexity index is 246. The van der Waals surface area contributed by atoms with Crippen LogP contribution in [0.15, 0.2) is 11.7 Å². The first-order valence-corrected chi connectivity index (χ1v) is 5.30. The van der Waals surface area contributed by atoms with Crippen LogP contribution in [-0.2, 0) is 11.2 Å². The maximum Gasteiger partial charge on any atom is 0.138 e. The first kappa shape index (κ1) is 10.3. The number of nitrogens with two attached hydrogens (primary N) is 1. The number of nitrogens with zero attached hydrogens (tertiary/aromatic N) is 1. The number of hydrogen-bond acceptors (Lipinski definition) is 4. The molecule has 0 aliphatic carbocycles. The smallest absolute Gasteiger partial charge is 0.138 e. The van der Waals surface area contributed by atoms with Crippen molar-refractivity contribution < 1.29 is 4.79 Å². The molecule has 13 heavy (non-hydrogen) atoms. The average Bonchev–Trinajstić information content (AvgIpc) is 2.57. The Hall–Kier alpha value is -0.740. The highest BCUT2D eigenvalue weighted by Crippen LogP contribution is 2.08. The Kier molecular flexibility index (Phi) is 4.64. The number of unbranched alkanes of at least 4 members (excludes halogenated alkanes) is 1. The number of hydrogen-bond donors (Lipinski definition) is 1. The third kappa shape index (κ3) is 4.15. The van der Waals surface area contributed by atoms with Crippen LogP contribution in [0.1, 0.15) is 24.1 Å². The van der Waals surface area contributed by atoms with Gasteiger partial charge >= 0.3 is 0 Å². The fraction of sp³-hybridized carbons (Fsp3) is 0.556. The first-order chi connectivity index (χ1) is 6.33. The zero-order valence-corrected chi connectivity index (χ0v) is 8.35. The molecule has 4 heteroatoms. The van der Waals surface area contributed by atoms with Crippen molar-refractivity contribution in [2.45, 2.75) is 25.7 Å². The summed E-state index contributed by atoms with van der Waals surface area (Å²) >= 11 is 1.53. The Morgan fingerprint density at radius 1 is 1.54 bits per heavy atom. The molecule has 1 aromatic heterocycles. The molecule has 0 atom stereocenters. The molecule has 3 nitrogen and oxygen atoms in total. The van der Waals surface area contributed by atoms with Crippen LogP contribution in [0.3, 0.4) is 0 Å². The zero-order chi connectivity index (χ0) is 9.52. The molecule has 0 fully saturated rings. The van der Waals surface area contributed by atoms with Crippen LogP contribution in [0.25, 0.3) is 0 Å². The SMILES string of the molecule is NCCCCC(=O)Cc1cncs1. The lowest BCUT2D eigenvalue weighted by Crippen LogP contribution is -2.04. The van der Waals surface area contributed by atoms with E-state index in [9.17, 15) is 4.79 Å². The lowest BCUT2D eigenvalue weighted by Gasteiger charge is -1.97. The van der Waals surface area contributed by atoms with Crippen molar-refractivity contribution in [1.29, 1.82) is 0 Å². The van der Waals surface area contributed by atoms with Gasteiger partial charge in [0.1, 0.15) is 5.78 Å². The van der Waals surface area contributed by atoms with Crippen molar-refractivity contribution >= 4 is 17.1 Å². The van der Waals surface area contributed by atoms with Crippen LogP contribution in [-0.4, -0.2) is 17.3 Å². The summed E-state index contributed by atoms with van der Waals surface area (Å²) in [6.07, 6.45) is 4.79. The van der Waals surface area contributed by atoms with Gasteiger partial charge in [-0.2, -0.15) is 0 Å². The van der Waals surface area contributed by atoms with E-state index >= 15 is 0 Å². The largest absolute Gasteiger partial charge is 0.330 e. The van der Waals surface area contributed by atoms with Crippen LogP contribution in [0.2, 0.25) is 0 Å². The van der Waals surface area contributed by atoms with Gasteiger partial charge in [-0.25, -0.2) is 0 Å². The number of thiazole rings is 1. The Labute approximate surface area is 82.0 Å². The third-order valence-corrected chi connectivity index (χ3v) is 2.54.